The van der Waals surface area contributed by atoms with Gasteiger partial charge in [0.25, 0.3) is 0 Å². The number of hydrogen-bond acceptors (Lipinski definition) is 11. The quantitative estimate of drug-likeness (QED) is 0.157. The van der Waals surface area contributed by atoms with Gasteiger partial charge >= 0.3 is 0 Å². The summed E-state index contributed by atoms with van der Waals surface area (Å²) in [5.41, 5.74) is 18.1. The second-order valence-corrected chi connectivity index (χ2v) is 21.4. The van der Waals surface area contributed by atoms with Crippen molar-refractivity contribution in [1.82, 2.24) is 44.9 Å². The van der Waals surface area contributed by atoms with Crippen LogP contribution in [0.5, 0.6) is 0 Å². The molecule has 0 N–H and O–H groups in total. The van der Waals surface area contributed by atoms with Gasteiger partial charge in [-0.1, -0.05) is 137 Å². The molecule has 0 radical (unpaired) electrons. The average molecular weight is 1030 g/mol. The van der Waals surface area contributed by atoms with Crippen molar-refractivity contribution < 1.29 is 8.83 Å². The summed E-state index contributed by atoms with van der Waals surface area (Å²) < 4.78 is 12.5. The minimum Gasteiger partial charge on any atom is -0.456 e. The molecule has 0 aliphatic heterocycles. The van der Waals surface area contributed by atoms with Gasteiger partial charge in [-0.05, 0) is 129 Å². The van der Waals surface area contributed by atoms with Gasteiger partial charge in [0.2, 0.25) is 0 Å². The van der Waals surface area contributed by atoms with Gasteiger partial charge in [-0.15, -0.1) is 0 Å². The highest BCUT2D eigenvalue weighted by Gasteiger charge is 2.38. The van der Waals surface area contributed by atoms with E-state index >= 15 is 0 Å². The number of furan rings is 2. The molecule has 0 bridgehead atoms. The summed E-state index contributed by atoms with van der Waals surface area (Å²) in [6, 6.07) is 65.7. The molecule has 7 aromatic heterocycles. The summed E-state index contributed by atoms with van der Waals surface area (Å²) in [6.45, 7) is 9.08. The maximum Gasteiger partial charge on any atom is 0.182 e. The molecule has 0 amide bonds. The van der Waals surface area contributed by atoms with E-state index in [1.807, 2.05) is 109 Å². The number of fused-ring (bicyclic) bond motifs is 12. The zero-order chi connectivity index (χ0) is 53.7. The van der Waals surface area contributed by atoms with Crippen LogP contribution in [0.1, 0.15) is 49.9 Å². The van der Waals surface area contributed by atoms with Crippen molar-refractivity contribution in [2.24, 2.45) is 0 Å². The van der Waals surface area contributed by atoms with Crippen LogP contribution in [0.4, 0.5) is 0 Å². The van der Waals surface area contributed by atoms with E-state index in [1.54, 1.807) is 18.6 Å². The summed E-state index contributed by atoms with van der Waals surface area (Å²) in [7, 11) is 0. The number of hydrogen-bond donors (Lipinski definition) is 0. The number of rotatable bonds is 6. The van der Waals surface area contributed by atoms with Crippen molar-refractivity contribution in [3.05, 3.63) is 235 Å². The predicted molar refractivity (Wildman–Crippen MR) is 315 cm³/mol. The highest BCUT2D eigenvalue weighted by Crippen LogP contribution is 2.53. The third kappa shape index (κ3) is 7.68. The van der Waals surface area contributed by atoms with Crippen molar-refractivity contribution in [1.29, 1.82) is 0 Å². The highest BCUT2D eigenvalue weighted by atomic mass is 16.3. The van der Waals surface area contributed by atoms with E-state index in [0.29, 0.717) is 52.0 Å². The lowest BCUT2D eigenvalue weighted by atomic mass is 9.81. The summed E-state index contributed by atoms with van der Waals surface area (Å²) >= 11 is 0. The van der Waals surface area contributed by atoms with Crippen molar-refractivity contribution in [2.75, 3.05) is 0 Å². The van der Waals surface area contributed by atoms with Crippen LogP contribution in [0.15, 0.2) is 222 Å². The molecule has 14 aromatic rings. The number of benzene rings is 7. The first-order valence-electron chi connectivity index (χ1n) is 26.7. The minimum atomic E-state index is -0.228. The maximum absolute atomic E-state index is 6.24. The maximum atomic E-state index is 6.24. The van der Waals surface area contributed by atoms with Gasteiger partial charge in [-0.2, -0.15) is 0 Å². The van der Waals surface area contributed by atoms with Gasteiger partial charge in [0, 0.05) is 67.7 Å². The molecule has 80 heavy (non-hydrogen) atoms. The lowest BCUT2D eigenvalue weighted by Crippen LogP contribution is -2.15. The van der Waals surface area contributed by atoms with E-state index in [0.717, 1.165) is 60.6 Å². The Balaban J connectivity index is 0.000000138. The van der Waals surface area contributed by atoms with Crippen LogP contribution in [-0.2, 0) is 10.8 Å². The molecule has 11 heteroatoms. The molecule has 0 unspecified atom stereocenters. The smallest absolute Gasteiger partial charge is 0.182 e. The largest absolute Gasteiger partial charge is 0.456 e. The van der Waals surface area contributed by atoms with Gasteiger partial charge < -0.3 is 8.83 Å². The van der Waals surface area contributed by atoms with E-state index < -0.39 is 0 Å². The highest BCUT2D eigenvalue weighted by molar-refractivity contribution is 6.09. The van der Waals surface area contributed by atoms with E-state index in [4.69, 9.17) is 38.7 Å². The monoisotopic (exact) mass is 1030 g/mol. The van der Waals surface area contributed by atoms with Crippen molar-refractivity contribution in [3.63, 3.8) is 0 Å². The second kappa shape index (κ2) is 18.1. The van der Waals surface area contributed by atoms with Crippen LogP contribution in [-0.4, -0.2) is 44.9 Å². The number of nitrogens with zero attached hydrogens (tertiary/aromatic N) is 9. The molecule has 0 fully saturated rings. The lowest BCUT2D eigenvalue weighted by Gasteiger charge is -2.21. The molecular formula is C69H47N9O2. The molecule has 16 rings (SSSR count). The van der Waals surface area contributed by atoms with Crippen LogP contribution in [0, 0.1) is 0 Å². The van der Waals surface area contributed by atoms with E-state index in [2.05, 4.69) is 128 Å². The fourth-order valence-corrected chi connectivity index (χ4v) is 11.7. The molecule has 2 aliphatic rings. The first-order valence-corrected chi connectivity index (χ1v) is 26.7. The molecule has 11 nitrogen and oxygen atoms in total. The molecule has 0 atom stereocenters. The van der Waals surface area contributed by atoms with Crippen molar-refractivity contribution in [2.45, 2.75) is 38.5 Å². The topological polar surface area (TPSA) is 142 Å². The Morgan fingerprint density at radius 1 is 0.275 bits per heavy atom. The Hall–Kier alpha value is -10.4. The Bertz CT molecular complexity index is 4350. The van der Waals surface area contributed by atoms with E-state index in [9.17, 15) is 0 Å². The number of aromatic nitrogens is 9. The number of para-hydroxylation sites is 2. The van der Waals surface area contributed by atoms with Crippen molar-refractivity contribution >= 4 is 43.9 Å². The van der Waals surface area contributed by atoms with Gasteiger partial charge in [0.05, 0.1) is 0 Å². The van der Waals surface area contributed by atoms with Crippen molar-refractivity contribution in [3.8, 4) is 91.0 Å². The van der Waals surface area contributed by atoms with E-state index in [1.165, 1.54) is 44.5 Å². The number of pyridine rings is 3. The summed E-state index contributed by atoms with van der Waals surface area (Å²) in [5, 5.41) is 4.56. The van der Waals surface area contributed by atoms with Crippen LogP contribution in [0.25, 0.3) is 135 Å². The Labute approximate surface area is 459 Å². The van der Waals surface area contributed by atoms with Crippen LogP contribution < -0.4 is 0 Å². The predicted octanol–water partition coefficient (Wildman–Crippen LogP) is 16.3. The van der Waals surface area contributed by atoms with Gasteiger partial charge in [0.1, 0.15) is 39.4 Å². The van der Waals surface area contributed by atoms with Crippen LogP contribution >= 0.6 is 0 Å². The Kier molecular flexibility index (Phi) is 10.6. The molecule has 7 aromatic carbocycles. The van der Waals surface area contributed by atoms with Crippen LogP contribution in [0.2, 0.25) is 0 Å². The van der Waals surface area contributed by atoms with Gasteiger partial charge in [0.15, 0.2) is 34.9 Å². The fraction of sp³-hybridized carbons (Fsp3) is 0.0870. The van der Waals surface area contributed by atoms with E-state index in [-0.39, 0.29) is 10.8 Å². The summed E-state index contributed by atoms with van der Waals surface area (Å²) in [6.07, 6.45) is 5.25. The molecule has 0 saturated carbocycles. The molecular weight excluding hydrogens is 987 g/mol. The summed E-state index contributed by atoms with van der Waals surface area (Å²) in [4.78, 5) is 42.5. The zero-order valence-electron chi connectivity index (χ0n) is 44.0. The molecule has 380 valence electrons. The fourth-order valence-electron chi connectivity index (χ4n) is 11.7. The first-order chi connectivity index (χ1) is 39.1. The SMILES string of the molecule is CC1(C)c2cc(-c3nc(-c4ccccc4)nc(-c4ccccn4)n3)ccc2-c2cc3c(cc21)oc1ccccc13.CC1(C)c2cc(-c3nc(-c4ccccn4)nc(-c4ccccn4)n3)ccc2-c2cc3c(cc21)oc1ccccc13. The third-order valence-electron chi connectivity index (χ3n) is 15.8. The molecule has 0 saturated heterocycles. The normalized spacial score (nSPS) is 13.4. The standard InChI is InChI=1S/C35H24N4O.C34H23N5O/c1-35(2)27-18-22(15-16-23(27)25-19-26-24-12-6-7-14-30(24)40-31(26)20-28(25)35)33-37-32(21-10-4-3-5-11-21)38-34(39-33)29-13-8-9-17-36-29;1-34(2)25-17-20(13-14-21(25)23-18-24-22-9-3-4-12-29(22)40-30(24)19-26(23)34)31-37-32(27-10-5-7-15-35-27)39-33(38-31)28-11-6-8-16-36-28/h3-20H,1-2H3;3-19H,1-2H3. The molecule has 0 spiro atoms. The minimum absolute atomic E-state index is 0.215. The van der Waals surface area contributed by atoms with Gasteiger partial charge in [-0.3, -0.25) is 15.0 Å². The molecule has 7 heterocycles. The third-order valence-corrected chi connectivity index (χ3v) is 15.8. The lowest BCUT2D eigenvalue weighted by molar-refractivity contribution is 0.647. The average Bonchev–Trinajstić information content (AvgIpc) is 4.29. The Morgan fingerprint density at radius 2 is 0.637 bits per heavy atom. The molecule has 2 aliphatic carbocycles. The summed E-state index contributed by atoms with van der Waals surface area (Å²) in [5.74, 6) is 3.43. The van der Waals surface area contributed by atoms with Crippen LogP contribution in [0.3, 0.4) is 0 Å². The Morgan fingerprint density at radius 3 is 1.06 bits per heavy atom. The first kappa shape index (κ1) is 46.9. The zero-order valence-corrected chi connectivity index (χ0v) is 44.0. The van der Waals surface area contributed by atoms with Gasteiger partial charge in [-0.25, -0.2) is 29.9 Å². The second-order valence-electron chi connectivity index (χ2n) is 21.4.